The third-order valence-electron chi connectivity index (χ3n) is 1.99. The van der Waals surface area contributed by atoms with E-state index < -0.39 is 0 Å². The van der Waals surface area contributed by atoms with Crippen molar-refractivity contribution in [1.29, 1.82) is 0 Å². The van der Waals surface area contributed by atoms with Crippen LogP contribution < -0.4 is 4.74 Å². The van der Waals surface area contributed by atoms with Crippen LogP contribution in [0.25, 0.3) is 5.57 Å². The second kappa shape index (κ2) is 4.47. The van der Waals surface area contributed by atoms with Gasteiger partial charge in [-0.3, -0.25) is 0 Å². The molecule has 13 heavy (non-hydrogen) atoms. The number of hydrogen-bond acceptors (Lipinski definition) is 1. The fourth-order valence-corrected chi connectivity index (χ4v) is 1.84. The van der Waals surface area contributed by atoms with Crippen LogP contribution in [-0.2, 0) is 0 Å². The molecule has 0 fully saturated rings. The highest BCUT2D eigenvalue weighted by molar-refractivity contribution is 9.10. The molecule has 0 radical (unpaired) electrons. The lowest BCUT2D eigenvalue weighted by molar-refractivity contribution is 0.412. The number of rotatable bonds is 3. The number of methoxy groups -OCH3 is 1. The van der Waals surface area contributed by atoms with E-state index >= 15 is 0 Å². The molecular weight excluding hydrogens is 228 g/mol. The topological polar surface area (TPSA) is 9.23 Å². The Labute approximate surface area is 87.5 Å². The summed E-state index contributed by atoms with van der Waals surface area (Å²) in [7, 11) is 1.67. The van der Waals surface area contributed by atoms with Gasteiger partial charge in [0.25, 0.3) is 0 Å². The Morgan fingerprint density at radius 2 is 2.23 bits per heavy atom. The van der Waals surface area contributed by atoms with Gasteiger partial charge in [-0.25, -0.2) is 0 Å². The summed E-state index contributed by atoms with van der Waals surface area (Å²) in [6.45, 7) is 6.09. The minimum absolute atomic E-state index is 0.854. The Hall–Kier alpha value is -0.760. The zero-order valence-electron chi connectivity index (χ0n) is 7.93. The fourth-order valence-electron chi connectivity index (χ4n) is 1.13. The van der Waals surface area contributed by atoms with Crippen LogP contribution in [0.2, 0.25) is 0 Å². The maximum atomic E-state index is 5.19. The minimum atomic E-state index is 0.854. The van der Waals surface area contributed by atoms with Gasteiger partial charge in [-0.2, -0.15) is 0 Å². The van der Waals surface area contributed by atoms with E-state index in [1.54, 1.807) is 7.11 Å². The molecule has 0 aliphatic heterocycles. The molecular formula is C11H13BrO. The van der Waals surface area contributed by atoms with Crippen molar-refractivity contribution in [3.05, 3.63) is 34.8 Å². The first-order valence-electron chi connectivity index (χ1n) is 4.21. The molecule has 0 unspecified atom stereocenters. The number of ether oxygens (including phenoxy) is 1. The molecule has 0 aliphatic rings. The molecule has 0 bridgehead atoms. The zero-order chi connectivity index (χ0) is 9.84. The molecule has 0 saturated carbocycles. The number of halogens is 1. The molecule has 1 aromatic rings. The van der Waals surface area contributed by atoms with Crippen molar-refractivity contribution in [2.75, 3.05) is 7.11 Å². The fraction of sp³-hybridized carbons (Fsp3) is 0.273. The molecule has 1 aromatic carbocycles. The van der Waals surface area contributed by atoms with Gasteiger partial charge in [0.05, 0.1) is 11.6 Å². The van der Waals surface area contributed by atoms with Crippen molar-refractivity contribution in [2.45, 2.75) is 13.3 Å². The van der Waals surface area contributed by atoms with Gasteiger partial charge in [-0.15, -0.1) is 0 Å². The largest absolute Gasteiger partial charge is 0.496 e. The quantitative estimate of drug-likeness (QED) is 0.780. The molecule has 70 valence electrons. The van der Waals surface area contributed by atoms with Crippen LogP contribution in [0, 0.1) is 0 Å². The average molecular weight is 241 g/mol. The van der Waals surface area contributed by atoms with E-state index in [2.05, 4.69) is 29.4 Å². The molecule has 0 heterocycles. The number of benzene rings is 1. The first-order valence-corrected chi connectivity index (χ1v) is 5.00. The third-order valence-corrected chi connectivity index (χ3v) is 2.81. The normalized spacial score (nSPS) is 9.77. The van der Waals surface area contributed by atoms with Crippen LogP contribution in [0.5, 0.6) is 5.75 Å². The summed E-state index contributed by atoms with van der Waals surface area (Å²) >= 11 is 3.50. The van der Waals surface area contributed by atoms with E-state index in [4.69, 9.17) is 4.74 Å². The van der Waals surface area contributed by atoms with Gasteiger partial charge >= 0.3 is 0 Å². The second-order valence-electron chi connectivity index (χ2n) is 2.78. The SMILES string of the molecule is C=C(CC)c1cccc(OC)c1Br. The highest BCUT2D eigenvalue weighted by Crippen LogP contribution is 2.32. The van der Waals surface area contributed by atoms with Crippen LogP contribution in [0.15, 0.2) is 29.3 Å². The average Bonchev–Trinajstić information content (AvgIpc) is 2.17. The summed E-state index contributed by atoms with van der Waals surface area (Å²) in [6, 6.07) is 5.94. The van der Waals surface area contributed by atoms with E-state index in [0.29, 0.717) is 0 Å². The maximum Gasteiger partial charge on any atom is 0.133 e. The predicted molar refractivity (Wildman–Crippen MR) is 60.0 cm³/mol. The summed E-state index contributed by atoms with van der Waals surface area (Å²) in [5, 5.41) is 0. The van der Waals surface area contributed by atoms with Crippen molar-refractivity contribution in [3.63, 3.8) is 0 Å². The first kappa shape index (κ1) is 10.3. The van der Waals surface area contributed by atoms with Crippen LogP contribution >= 0.6 is 15.9 Å². The minimum Gasteiger partial charge on any atom is -0.496 e. The molecule has 0 amide bonds. The van der Waals surface area contributed by atoms with Gasteiger partial charge in [-0.1, -0.05) is 25.6 Å². The van der Waals surface area contributed by atoms with Crippen molar-refractivity contribution in [2.24, 2.45) is 0 Å². The summed E-state index contributed by atoms with van der Waals surface area (Å²) in [5.41, 5.74) is 2.24. The zero-order valence-corrected chi connectivity index (χ0v) is 9.52. The van der Waals surface area contributed by atoms with Crippen LogP contribution in [0.1, 0.15) is 18.9 Å². The lowest BCUT2D eigenvalue weighted by Gasteiger charge is -2.09. The molecule has 0 aliphatic carbocycles. The monoisotopic (exact) mass is 240 g/mol. The van der Waals surface area contributed by atoms with Crippen molar-refractivity contribution in [1.82, 2.24) is 0 Å². The van der Waals surface area contributed by atoms with E-state index in [0.717, 1.165) is 27.8 Å². The lowest BCUT2D eigenvalue weighted by atomic mass is 10.1. The molecule has 0 spiro atoms. The van der Waals surface area contributed by atoms with Crippen molar-refractivity contribution in [3.8, 4) is 5.75 Å². The van der Waals surface area contributed by atoms with Crippen LogP contribution in [0.3, 0.4) is 0 Å². The van der Waals surface area contributed by atoms with Crippen molar-refractivity contribution >= 4 is 21.5 Å². The molecule has 0 saturated heterocycles. The molecule has 0 aromatic heterocycles. The van der Waals surface area contributed by atoms with E-state index in [1.165, 1.54) is 0 Å². The van der Waals surface area contributed by atoms with E-state index in [9.17, 15) is 0 Å². The lowest BCUT2D eigenvalue weighted by Crippen LogP contribution is -1.89. The Morgan fingerprint density at radius 3 is 2.77 bits per heavy atom. The van der Waals surface area contributed by atoms with Crippen molar-refractivity contribution < 1.29 is 4.74 Å². The van der Waals surface area contributed by atoms with E-state index in [-0.39, 0.29) is 0 Å². The first-order chi connectivity index (χ1) is 6.20. The summed E-state index contributed by atoms with van der Waals surface area (Å²) < 4.78 is 6.18. The maximum absolute atomic E-state index is 5.19. The molecule has 0 atom stereocenters. The molecule has 2 heteroatoms. The Morgan fingerprint density at radius 1 is 1.54 bits per heavy atom. The van der Waals surface area contributed by atoms with Gasteiger partial charge in [0.2, 0.25) is 0 Å². The standard InChI is InChI=1S/C11H13BrO/c1-4-8(2)9-6-5-7-10(13-3)11(9)12/h5-7H,2,4H2,1,3H3. The van der Waals surface area contributed by atoms with Gasteiger partial charge in [0.15, 0.2) is 0 Å². The second-order valence-corrected chi connectivity index (χ2v) is 3.57. The summed E-state index contributed by atoms with van der Waals surface area (Å²) in [5.74, 6) is 0.854. The van der Waals surface area contributed by atoms with Gasteiger partial charge < -0.3 is 4.74 Å². The number of hydrogen-bond donors (Lipinski definition) is 0. The summed E-state index contributed by atoms with van der Waals surface area (Å²) in [4.78, 5) is 0. The smallest absolute Gasteiger partial charge is 0.133 e. The Bertz CT molecular complexity index is 318. The van der Waals surface area contributed by atoms with E-state index in [1.807, 2.05) is 18.2 Å². The molecule has 1 nitrogen and oxygen atoms in total. The third kappa shape index (κ3) is 2.13. The van der Waals surface area contributed by atoms with Gasteiger partial charge in [-0.05, 0) is 39.6 Å². The van der Waals surface area contributed by atoms with Gasteiger partial charge in [0, 0.05) is 0 Å². The summed E-state index contributed by atoms with van der Waals surface area (Å²) in [6.07, 6.45) is 0.950. The van der Waals surface area contributed by atoms with Crippen LogP contribution in [-0.4, -0.2) is 7.11 Å². The Kier molecular flexibility index (Phi) is 3.55. The van der Waals surface area contributed by atoms with Gasteiger partial charge in [0.1, 0.15) is 5.75 Å². The Balaban J connectivity index is 3.15. The number of allylic oxidation sites excluding steroid dienone is 1. The molecule has 1 rings (SSSR count). The predicted octanol–water partition coefficient (Wildman–Crippen LogP) is 3.88. The highest BCUT2D eigenvalue weighted by atomic mass is 79.9. The highest BCUT2D eigenvalue weighted by Gasteiger charge is 2.06. The van der Waals surface area contributed by atoms with Crippen LogP contribution in [0.4, 0.5) is 0 Å². The molecule has 0 N–H and O–H groups in total.